The molecule has 0 saturated carbocycles. The molecule has 2 aromatic rings. The summed E-state index contributed by atoms with van der Waals surface area (Å²) in [6.45, 7) is 3.92. The van der Waals surface area contributed by atoms with Crippen LogP contribution in [0.5, 0.6) is 5.75 Å². The predicted molar refractivity (Wildman–Crippen MR) is 55.0 cm³/mol. The van der Waals surface area contributed by atoms with Gasteiger partial charge in [-0.2, -0.15) is 0 Å². The van der Waals surface area contributed by atoms with Crippen LogP contribution in [0.1, 0.15) is 5.56 Å². The number of benzene rings is 2. The van der Waals surface area contributed by atoms with Crippen molar-refractivity contribution in [1.82, 2.24) is 0 Å². The highest BCUT2D eigenvalue weighted by Crippen LogP contribution is 2.24. The second-order valence-corrected chi connectivity index (χ2v) is 3.01. The van der Waals surface area contributed by atoms with E-state index < -0.39 is 0 Å². The van der Waals surface area contributed by atoms with Gasteiger partial charge in [-0.15, -0.1) is 0 Å². The first-order chi connectivity index (χ1) is 6.31. The Morgan fingerprint density at radius 2 is 1.69 bits per heavy atom. The minimum atomic E-state index is 0.846. The molecule has 13 heavy (non-hydrogen) atoms. The summed E-state index contributed by atoms with van der Waals surface area (Å²) in [6.07, 6.45) is 0. The third kappa shape index (κ3) is 1.37. The van der Waals surface area contributed by atoms with Crippen LogP contribution in [0.25, 0.3) is 10.8 Å². The van der Waals surface area contributed by atoms with Crippen LogP contribution in [0.15, 0.2) is 36.4 Å². The SMILES string of the molecule is [CH2]c1cc2ccccc2cc1OC. The lowest BCUT2D eigenvalue weighted by atomic mass is 10.1. The molecule has 65 valence electrons. The van der Waals surface area contributed by atoms with Gasteiger partial charge in [0.1, 0.15) is 5.75 Å². The summed E-state index contributed by atoms with van der Waals surface area (Å²) in [4.78, 5) is 0. The van der Waals surface area contributed by atoms with Crippen molar-refractivity contribution in [2.24, 2.45) is 0 Å². The van der Waals surface area contributed by atoms with Crippen molar-refractivity contribution < 1.29 is 4.74 Å². The Morgan fingerprint density at radius 3 is 2.31 bits per heavy atom. The average Bonchev–Trinajstić information content (AvgIpc) is 2.17. The van der Waals surface area contributed by atoms with Crippen molar-refractivity contribution in [3.05, 3.63) is 48.9 Å². The van der Waals surface area contributed by atoms with E-state index >= 15 is 0 Å². The third-order valence-electron chi connectivity index (χ3n) is 2.15. The smallest absolute Gasteiger partial charge is 0.122 e. The van der Waals surface area contributed by atoms with Gasteiger partial charge in [0.25, 0.3) is 0 Å². The highest BCUT2D eigenvalue weighted by Gasteiger charge is 1.99. The molecule has 2 aromatic carbocycles. The monoisotopic (exact) mass is 171 g/mol. The van der Waals surface area contributed by atoms with Crippen LogP contribution < -0.4 is 4.74 Å². The van der Waals surface area contributed by atoms with Crippen molar-refractivity contribution in [2.75, 3.05) is 7.11 Å². The predicted octanol–water partition coefficient (Wildman–Crippen LogP) is 3.03. The molecule has 1 heteroatoms. The molecule has 0 spiro atoms. The maximum absolute atomic E-state index is 5.19. The van der Waals surface area contributed by atoms with Gasteiger partial charge >= 0.3 is 0 Å². The largest absolute Gasteiger partial charge is 0.496 e. The average molecular weight is 171 g/mol. The Hall–Kier alpha value is -1.50. The van der Waals surface area contributed by atoms with Gasteiger partial charge in [-0.05, 0) is 35.4 Å². The minimum absolute atomic E-state index is 0.846. The molecule has 0 unspecified atom stereocenters. The van der Waals surface area contributed by atoms with E-state index in [4.69, 9.17) is 4.74 Å². The van der Waals surface area contributed by atoms with E-state index in [9.17, 15) is 0 Å². The first-order valence-electron chi connectivity index (χ1n) is 4.20. The van der Waals surface area contributed by atoms with Gasteiger partial charge in [-0.1, -0.05) is 24.3 Å². The van der Waals surface area contributed by atoms with E-state index in [-0.39, 0.29) is 0 Å². The highest BCUT2D eigenvalue weighted by atomic mass is 16.5. The van der Waals surface area contributed by atoms with E-state index in [1.807, 2.05) is 24.3 Å². The topological polar surface area (TPSA) is 9.23 Å². The molecule has 0 amide bonds. The van der Waals surface area contributed by atoms with E-state index in [1.54, 1.807) is 7.11 Å². The Labute approximate surface area is 78.0 Å². The van der Waals surface area contributed by atoms with Gasteiger partial charge in [-0.3, -0.25) is 0 Å². The second kappa shape index (κ2) is 3.09. The second-order valence-electron chi connectivity index (χ2n) is 3.01. The zero-order valence-electron chi connectivity index (χ0n) is 7.58. The Kier molecular flexibility index (Phi) is 1.93. The Bertz CT molecular complexity index is 432. The standard InChI is InChI=1S/C12H11O/c1-9-7-10-5-3-4-6-11(10)8-12(9)13-2/h3-8H,1H2,2H3. The number of methoxy groups -OCH3 is 1. The molecule has 0 aliphatic heterocycles. The molecular formula is C12H11O. The van der Waals surface area contributed by atoms with Crippen molar-refractivity contribution in [2.45, 2.75) is 0 Å². The normalized spacial score (nSPS) is 10.3. The number of hydrogen-bond acceptors (Lipinski definition) is 1. The van der Waals surface area contributed by atoms with Crippen molar-refractivity contribution in [3.8, 4) is 5.75 Å². The molecule has 0 atom stereocenters. The van der Waals surface area contributed by atoms with Crippen LogP contribution in [0.2, 0.25) is 0 Å². The van der Waals surface area contributed by atoms with E-state index in [2.05, 4.69) is 19.1 Å². The van der Waals surface area contributed by atoms with E-state index in [1.165, 1.54) is 10.8 Å². The summed E-state index contributed by atoms with van der Waals surface area (Å²) < 4.78 is 5.19. The summed E-state index contributed by atoms with van der Waals surface area (Å²) in [6, 6.07) is 12.2. The lowest BCUT2D eigenvalue weighted by Gasteiger charge is -2.05. The maximum atomic E-state index is 5.19. The van der Waals surface area contributed by atoms with Crippen molar-refractivity contribution in [3.63, 3.8) is 0 Å². The lowest BCUT2D eigenvalue weighted by molar-refractivity contribution is 0.413. The quantitative estimate of drug-likeness (QED) is 0.640. The van der Waals surface area contributed by atoms with Crippen molar-refractivity contribution in [1.29, 1.82) is 0 Å². The summed E-state index contributed by atoms with van der Waals surface area (Å²) in [5, 5.41) is 2.39. The Morgan fingerprint density at radius 1 is 1.08 bits per heavy atom. The zero-order valence-corrected chi connectivity index (χ0v) is 7.58. The first-order valence-corrected chi connectivity index (χ1v) is 4.20. The third-order valence-corrected chi connectivity index (χ3v) is 2.15. The van der Waals surface area contributed by atoms with Crippen LogP contribution >= 0.6 is 0 Å². The highest BCUT2D eigenvalue weighted by molar-refractivity contribution is 5.85. The summed E-state index contributed by atoms with van der Waals surface area (Å²) in [5.41, 5.74) is 0.932. The molecule has 0 aliphatic rings. The van der Waals surface area contributed by atoms with E-state index in [0.29, 0.717) is 0 Å². The van der Waals surface area contributed by atoms with Gasteiger partial charge < -0.3 is 4.74 Å². The van der Waals surface area contributed by atoms with Gasteiger partial charge in [0.15, 0.2) is 0 Å². The fourth-order valence-corrected chi connectivity index (χ4v) is 1.46. The van der Waals surface area contributed by atoms with Crippen LogP contribution in [-0.2, 0) is 0 Å². The summed E-state index contributed by atoms with van der Waals surface area (Å²) in [7, 11) is 1.67. The van der Waals surface area contributed by atoms with E-state index in [0.717, 1.165) is 11.3 Å². The van der Waals surface area contributed by atoms with Crippen molar-refractivity contribution >= 4 is 10.8 Å². The molecule has 0 N–H and O–H groups in total. The number of ether oxygens (including phenoxy) is 1. The fourth-order valence-electron chi connectivity index (χ4n) is 1.46. The number of fused-ring (bicyclic) bond motifs is 1. The molecule has 1 nitrogen and oxygen atoms in total. The van der Waals surface area contributed by atoms with Crippen LogP contribution in [-0.4, -0.2) is 7.11 Å². The molecule has 0 bridgehead atoms. The van der Waals surface area contributed by atoms with Gasteiger partial charge in [-0.25, -0.2) is 0 Å². The van der Waals surface area contributed by atoms with Crippen LogP contribution in [0, 0.1) is 6.92 Å². The fraction of sp³-hybridized carbons (Fsp3) is 0.0833. The van der Waals surface area contributed by atoms with Crippen LogP contribution in [0.3, 0.4) is 0 Å². The van der Waals surface area contributed by atoms with Crippen LogP contribution in [0.4, 0.5) is 0 Å². The molecule has 0 fully saturated rings. The molecule has 0 aliphatic carbocycles. The maximum Gasteiger partial charge on any atom is 0.122 e. The van der Waals surface area contributed by atoms with Gasteiger partial charge in [0.05, 0.1) is 7.11 Å². The lowest BCUT2D eigenvalue weighted by Crippen LogP contribution is -1.86. The molecule has 0 aromatic heterocycles. The Balaban J connectivity index is 2.74. The number of hydrogen-bond donors (Lipinski definition) is 0. The van der Waals surface area contributed by atoms with Gasteiger partial charge in [0, 0.05) is 0 Å². The molecular weight excluding hydrogens is 160 g/mol. The summed E-state index contributed by atoms with van der Waals surface area (Å²) >= 11 is 0. The number of rotatable bonds is 1. The zero-order chi connectivity index (χ0) is 9.26. The molecule has 2 rings (SSSR count). The molecule has 0 heterocycles. The van der Waals surface area contributed by atoms with Gasteiger partial charge in [0.2, 0.25) is 0 Å². The first kappa shape index (κ1) is 8.11. The minimum Gasteiger partial charge on any atom is -0.496 e. The molecule has 1 radical (unpaired) electrons. The molecule has 0 saturated heterocycles. The summed E-state index contributed by atoms with van der Waals surface area (Å²) in [5.74, 6) is 0.846.